The number of aromatic nitrogens is 2. The first-order valence-electron chi connectivity index (χ1n) is 8.95. The number of hydrogen-bond donors (Lipinski definition) is 2. The van der Waals surface area contributed by atoms with E-state index in [0.717, 1.165) is 0 Å². The Morgan fingerprint density at radius 2 is 1.90 bits per heavy atom. The highest BCUT2D eigenvalue weighted by Crippen LogP contribution is 2.20. The second kappa shape index (κ2) is 9.71. The second-order valence-electron chi connectivity index (χ2n) is 7.07. The summed E-state index contributed by atoms with van der Waals surface area (Å²) in [5.41, 5.74) is 4.84. The van der Waals surface area contributed by atoms with Crippen molar-refractivity contribution >= 4 is 11.9 Å². The molecule has 0 atom stereocenters. The molecule has 168 valence electrons. The number of halogens is 3. The van der Waals surface area contributed by atoms with E-state index in [1.165, 1.54) is 44.4 Å². The first-order chi connectivity index (χ1) is 14.4. The van der Waals surface area contributed by atoms with Crippen molar-refractivity contribution in [3.63, 3.8) is 0 Å². The molecule has 1 amide bonds. The molecule has 1 heterocycles. The SMILES string of the molecule is CC(C)(O)CN(OC(=O)C(F)(F)F)C(=O)c1cccc(COc2cc(CN)ncn2)c1. The van der Waals surface area contributed by atoms with E-state index in [-0.39, 0.29) is 29.7 Å². The molecule has 0 saturated carbocycles. The third-order valence-electron chi connectivity index (χ3n) is 3.65. The van der Waals surface area contributed by atoms with Crippen molar-refractivity contribution in [3.05, 3.63) is 53.5 Å². The van der Waals surface area contributed by atoms with Crippen LogP contribution in [0.25, 0.3) is 0 Å². The van der Waals surface area contributed by atoms with Gasteiger partial charge in [-0.2, -0.15) is 18.2 Å². The lowest BCUT2D eigenvalue weighted by Gasteiger charge is -2.27. The van der Waals surface area contributed by atoms with E-state index in [2.05, 4.69) is 14.8 Å². The number of rotatable bonds is 7. The van der Waals surface area contributed by atoms with Crippen LogP contribution in [0.1, 0.15) is 35.5 Å². The standard InChI is InChI=1S/C19H21F3N4O5/c1-18(2,29)10-26(31-17(28)19(20,21)22)16(27)13-5-3-4-12(6-13)9-30-15-7-14(8-23)24-11-25-15/h3-7,11,29H,8-10,23H2,1-2H3. The van der Waals surface area contributed by atoms with E-state index in [9.17, 15) is 27.9 Å². The molecule has 1 aromatic heterocycles. The Morgan fingerprint density at radius 3 is 2.52 bits per heavy atom. The van der Waals surface area contributed by atoms with E-state index in [4.69, 9.17) is 10.5 Å². The Hall–Kier alpha value is -3.25. The van der Waals surface area contributed by atoms with Crippen molar-refractivity contribution in [2.24, 2.45) is 5.73 Å². The van der Waals surface area contributed by atoms with E-state index in [0.29, 0.717) is 11.3 Å². The fraction of sp³-hybridized carbons (Fsp3) is 0.368. The molecule has 2 aromatic rings. The van der Waals surface area contributed by atoms with E-state index in [1.807, 2.05) is 0 Å². The molecule has 9 nitrogen and oxygen atoms in total. The molecule has 0 bridgehead atoms. The molecule has 0 saturated heterocycles. The summed E-state index contributed by atoms with van der Waals surface area (Å²) in [6, 6.07) is 7.31. The lowest BCUT2D eigenvalue weighted by molar-refractivity contribution is -0.233. The van der Waals surface area contributed by atoms with Crippen LogP contribution in [0.3, 0.4) is 0 Å². The highest BCUT2D eigenvalue weighted by atomic mass is 19.4. The Bertz CT molecular complexity index is 931. The molecule has 12 heteroatoms. The van der Waals surface area contributed by atoms with Gasteiger partial charge < -0.3 is 20.4 Å². The van der Waals surface area contributed by atoms with Crippen molar-refractivity contribution in [3.8, 4) is 5.88 Å². The number of aliphatic hydroxyl groups is 1. The topological polar surface area (TPSA) is 128 Å². The largest absolute Gasteiger partial charge is 0.493 e. The number of hydrogen-bond acceptors (Lipinski definition) is 8. The third-order valence-corrected chi connectivity index (χ3v) is 3.65. The molecule has 1 aromatic carbocycles. The molecule has 0 radical (unpaired) electrons. The highest BCUT2D eigenvalue weighted by Gasteiger charge is 2.44. The summed E-state index contributed by atoms with van der Waals surface area (Å²) in [7, 11) is 0. The maximum absolute atomic E-state index is 12.7. The van der Waals surface area contributed by atoms with E-state index in [1.54, 1.807) is 6.07 Å². The minimum absolute atomic E-state index is 0.0179. The summed E-state index contributed by atoms with van der Waals surface area (Å²) in [6.45, 7) is 1.98. The van der Waals surface area contributed by atoms with Gasteiger partial charge in [-0.15, -0.1) is 0 Å². The Kier molecular flexibility index (Phi) is 7.52. The zero-order chi connectivity index (χ0) is 23.2. The predicted octanol–water partition coefficient (Wildman–Crippen LogP) is 1.75. The third kappa shape index (κ3) is 7.50. The van der Waals surface area contributed by atoms with Gasteiger partial charge in [-0.25, -0.2) is 14.8 Å². The van der Waals surface area contributed by atoms with E-state index < -0.39 is 30.2 Å². The number of ether oxygens (including phenoxy) is 1. The molecular formula is C19H21F3N4O5. The molecule has 0 unspecified atom stereocenters. The molecule has 0 aliphatic rings. The van der Waals surface area contributed by atoms with Crippen LogP contribution < -0.4 is 10.5 Å². The van der Waals surface area contributed by atoms with Gasteiger partial charge in [-0.1, -0.05) is 12.1 Å². The van der Waals surface area contributed by atoms with Gasteiger partial charge in [0, 0.05) is 18.2 Å². The van der Waals surface area contributed by atoms with Crippen molar-refractivity contribution in [2.75, 3.05) is 6.54 Å². The smallest absolute Gasteiger partial charge is 0.473 e. The number of carbonyl (C=O) groups excluding carboxylic acids is 2. The minimum Gasteiger partial charge on any atom is -0.473 e. The van der Waals surface area contributed by atoms with Crippen LogP contribution in [0.5, 0.6) is 5.88 Å². The molecule has 0 spiro atoms. The number of amides is 1. The first kappa shape index (κ1) is 24.0. The van der Waals surface area contributed by atoms with Crippen LogP contribution in [0.2, 0.25) is 0 Å². The average molecular weight is 442 g/mol. The average Bonchev–Trinajstić information content (AvgIpc) is 2.70. The van der Waals surface area contributed by atoms with Crippen molar-refractivity contribution in [1.29, 1.82) is 0 Å². The number of benzene rings is 1. The van der Waals surface area contributed by atoms with Crippen molar-refractivity contribution in [1.82, 2.24) is 15.0 Å². The number of nitrogens with zero attached hydrogens (tertiary/aromatic N) is 3. The maximum atomic E-state index is 12.7. The quantitative estimate of drug-likeness (QED) is 0.621. The number of carbonyl (C=O) groups is 2. The maximum Gasteiger partial charge on any atom is 0.493 e. The Labute approximate surface area is 175 Å². The van der Waals surface area contributed by atoms with Gasteiger partial charge in [0.25, 0.3) is 5.91 Å². The molecule has 3 N–H and O–H groups in total. The van der Waals surface area contributed by atoms with Crippen LogP contribution in [0.15, 0.2) is 36.7 Å². The lowest BCUT2D eigenvalue weighted by atomic mass is 10.1. The van der Waals surface area contributed by atoms with Gasteiger partial charge in [0.1, 0.15) is 12.9 Å². The Morgan fingerprint density at radius 1 is 1.19 bits per heavy atom. The summed E-state index contributed by atoms with van der Waals surface area (Å²) in [4.78, 5) is 36.0. The van der Waals surface area contributed by atoms with Gasteiger partial charge in [0.15, 0.2) is 0 Å². The molecule has 2 rings (SSSR count). The molecule has 0 aliphatic carbocycles. The fourth-order valence-electron chi connectivity index (χ4n) is 2.31. The number of hydroxylamine groups is 2. The summed E-state index contributed by atoms with van der Waals surface area (Å²) in [5, 5.41) is 10.1. The predicted molar refractivity (Wildman–Crippen MR) is 100 cm³/mol. The molecule has 0 aliphatic heterocycles. The summed E-state index contributed by atoms with van der Waals surface area (Å²) < 4.78 is 43.2. The molecule has 31 heavy (non-hydrogen) atoms. The van der Waals surface area contributed by atoms with Crippen molar-refractivity contribution < 1.29 is 37.4 Å². The van der Waals surface area contributed by atoms with Gasteiger partial charge in [0.05, 0.1) is 17.8 Å². The first-order valence-corrected chi connectivity index (χ1v) is 8.95. The van der Waals surface area contributed by atoms with Gasteiger partial charge in [0.2, 0.25) is 5.88 Å². The zero-order valence-corrected chi connectivity index (χ0v) is 16.7. The lowest BCUT2D eigenvalue weighted by Crippen LogP contribution is -2.45. The zero-order valence-electron chi connectivity index (χ0n) is 16.7. The molecule has 0 fully saturated rings. The van der Waals surface area contributed by atoms with Crippen LogP contribution in [-0.4, -0.2) is 50.3 Å². The number of alkyl halides is 3. The van der Waals surface area contributed by atoms with E-state index >= 15 is 0 Å². The minimum atomic E-state index is -5.31. The van der Waals surface area contributed by atoms with Crippen molar-refractivity contribution in [2.45, 2.75) is 38.8 Å². The fourth-order valence-corrected chi connectivity index (χ4v) is 2.31. The Balaban J connectivity index is 2.18. The van der Waals surface area contributed by atoms with Gasteiger partial charge >= 0.3 is 12.1 Å². The second-order valence-corrected chi connectivity index (χ2v) is 7.07. The number of nitrogens with two attached hydrogens (primary N) is 1. The van der Waals surface area contributed by atoms with Crippen LogP contribution >= 0.6 is 0 Å². The normalized spacial score (nSPS) is 11.7. The van der Waals surface area contributed by atoms with Crippen LogP contribution in [-0.2, 0) is 22.8 Å². The highest BCUT2D eigenvalue weighted by molar-refractivity contribution is 5.94. The van der Waals surface area contributed by atoms with Crippen LogP contribution in [0.4, 0.5) is 13.2 Å². The summed E-state index contributed by atoms with van der Waals surface area (Å²) in [6.07, 6.45) is -4.03. The summed E-state index contributed by atoms with van der Waals surface area (Å²) in [5.74, 6) is -3.38. The van der Waals surface area contributed by atoms with Crippen LogP contribution in [0, 0.1) is 0 Å². The van der Waals surface area contributed by atoms with Gasteiger partial charge in [-0.3, -0.25) is 4.79 Å². The summed E-state index contributed by atoms with van der Waals surface area (Å²) >= 11 is 0. The van der Waals surface area contributed by atoms with Gasteiger partial charge in [-0.05, 0) is 31.5 Å². The monoisotopic (exact) mass is 442 g/mol. The molecular weight excluding hydrogens is 421 g/mol.